The van der Waals surface area contributed by atoms with E-state index in [0.717, 1.165) is 28.7 Å². The first-order valence-electron chi connectivity index (χ1n) is 10.7. The molecule has 0 amide bonds. The molecule has 0 saturated carbocycles. The van der Waals surface area contributed by atoms with Gasteiger partial charge in [0, 0.05) is 0 Å². The second-order valence-electron chi connectivity index (χ2n) is 7.92. The Balaban J connectivity index is 2.60. The molecule has 4 heteroatoms. The molecule has 4 nitrogen and oxygen atoms in total. The molecular weight excluding hydrogens is 388 g/mol. The van der Waals surface area contributed by atoms with Crippen LogP contribution in [0.4, 0.5) is 0 Å². The fourth-order valence-corrected chi connectivity index (χ4v) is 4.41. The van der Waals surface area contributed by atoms with Gasteiger partial charge in [0.15, 0.2) is 0 Å². The van der Waals surface area contributed by atoms with Crippen LogP contribution in [0.15, 0.2) is 54.6 Å². The van der Waals surface area contributed by atoms with Crippen LogP contribution in [0.1, 0.15) is 71.0 Å². The summed E-state index contributed by atoms with van der Waals surface area (Å²) in [6.07, 6.45) is 1.51. The molecule has 0 radical (unpaired) electrons. The molecule has 0 aliphatic carbocycles. The van der Waals surface area contributed by atoms with Crippen LogP contribution in [0.2, 0.25) is 0 Å². The number of aromatic carboxylic acids is 2. The molecular formula is C27H28O4. The van der Waals surface area contributed by atoms with E-state index in [2.05, 4.69) is 26.8 Å². The summed E-state index contributed by atoms with van der Waals surface area (Å²) in [5, 5.41) is 19.8. The molecule has 0 spiro atoms. The molecule has 0 aliphatic heterocycles. The zero-order valence-corrected chi connectivity index (χ0v) is 18.4. The summed E-state index contributed by atoms with van der Waals surface area (Å²) in [7, 11) is 0. The van der Waals surface area contributed by atoms with Crippen molar-refractivity contribution in [3.05, 3.63) is 82.4 Å². The zero-order valence-electron chi connectivity index (χ0n) is 18.4. The lowest BCUT2D eigenvalue weighted by Gasteiger charge is -2.26. The lowest BCUT2D eigenvalue weighted by Crippen LogP contribution is -2.09. The van der Waals surface area contributed by atoms with Crippen molar-refractivity contribution in [2.75, 3.05) is 0 Å². The topological polar surface area (TPSA) is 74.6 Å². The molecule has 3 aromatic rings. The van der Waals surface area contributed by atoms with Crippen LogP contribution in [-0.4, -0.2) is 22.2 Å². The van der Waals surface area contributed by atoms with E-state index in [-0.39, 0.29) is 17.0 Å². The summed E-state index contributed by atoms with van der Waals surface area (Å²) in [5.74, 6) is -1.86. The fraction of sp³-hybridized carbons (Fsp3) is 0.259. The van der Waals surface area contributed by atoms with Crippen LogP contribution < -0.4 is 0 Å². The molecule has 31 heavy (non-hydrogen) atoms. The van der Waals surface area contributed by atoms with Gasteiger partial charge in [0.1, 0.15) is 0 Å². The SMILES string of the molecule is CCc1cc(CC)c(C(C)C)c(-c2ccccc2C(=O)O)c1-c1ccccc1C(=O)O. The predicted molar refractivity (Wildman–Crippen MR) is 124 cm³/mol. The number of carboxylic acid groups (broad SMARTS) is 2. The van der Waals surface area contributed by atoms with Gasteiger partial charge in [-0.3, -0.25) is 0 Å². The molecule has 0 unspecified atom stereocenters. The smallest absolute Gasteiger partial charge is 0.336 e. The molecule has 0 fully saturated rings. The van der Waals surface area contributed by atoms with Gasteiger partial charge in [0.2, 0.25) is 0 Å². The highest BCUT2D eigenvalue weighted by atomic mass is 16.4. The summed E-state index contributed by atoms with van der Waals surface area (Å²) >= 11 is 0. The van der Waals surface area contributed by atoms with E-state index >= 15 is 0 Å². The van der Waals surface area contributed by atoms with E-state index in [9.17, 15) is 19.8 Å². The Bertz CT molecular complexity index is 1140. The maximum atomic E-state index is 12.1. The van der Waals surface area contributed by atoms with Crippen LogP contribution in [0.5, 0.6) is 0 Å². The van der Waals surface area contributed by atoms with E-state index in [1.807, 2.05) is 31.2 Å². The van der Waals surface area contributed by atoms with E-state index in [4.69, 9.17) is 0 Å². The highest BCUT2D eigenvalue weighted by molar-refractivity contribution is 6.04. The molecule has 0 aliphatic rings. The molecule has 3 rings (SSSR count). The van der Waals surface area contributed by atoms with E-state index in [1.54, 1.807) is 24.3 Å². The van der Waals surface area contributed by atoms with Crippen molar-refractivity contribution in [2.24, 2.45) is 0 Å². The van der Waals surface area contributed by atoms with Crippen molar-refractivity contribution >= 4 is 11.9 Å². The number of rotatable bonds is 7. The molecule has 2 N–H and O–H groups in total. The number of benzene rings is 3. The summed E-state index contributed by atoms with van der Waals surface area (Å²) in [6, 6.07) is 16.1. The molecule has 160 valence electrons. The quantitative estimate of drug-likeness (QED) is 0.451. The van der Waals surface area contributed by atoms with Gasteiger partial charge in [-0.15, -0.1) is 0 Å². The Hall–Kier alpha value is -3.40. The fourth-order valence-electron chi connectivity index (χ4n) is 4.41. The van der Waals surface area contributed by atoms with E-state index in [1.165, 1.54) is 5.56 Å². The second kappa shape index (κ2) is 9.17. The minimum Gasteiger partial charge on any atom is -0.478 e. The average Bonchev–Trinajstić information content (AvgIpc) is 2.77. The minimum absolute atomic E-state index is 0.133. The predicted octanol–water partition coefficient (Wildman–Crippen LogP) is 6.67. The molecule has 0 atom stereocenters. The summed E-state index contributed by atoms with van der Waals surface area (Å²) in [5.41, 5.74) is 6.57. The van der Waals surface area contributed by atoms with Gasteiger partial charge in [-0.2, -0.15) is 0 Å². The third-order valence-corrected chi connectivity index (χ3v) is 5.73. The van der Waals surface area contributed by atoms with Gasteiger partial charge in [-0.05, 0) is 69.8 Å². The summed E-state index contributed by atoms with van der Waals surface area (Å²) in [6.45, 7) is 8.34. The Morgan fingerprint density at radius 1 is 0.742 bits per heavy atom. The van der Waals surface area contributed by atoms with Gasteiger partial charge in [-0.1, -0.05) is 70.2 Å². The van der Waals surface area contributed by atoms with Crippen LogP contribution in [0.25, 0.3) is 22.3 Å². The second-order valence-corrected chi connectivity index (χ2v) is 7.92. The average molecular weight is 417 g/mol. The van der Waals surface area contributed by atoms with Gasteiger partial charge in [0.25, 0.3) is 0 Å². The minimum atomic E-state index is -0.999. The number of carbonyl (C=O) groups is 2. The van der Waals surface area contributed by atoms with E-state index in [0.29, 0.717) is 17.5 Å². The van der Waals surface area contributed by atoms with Crippen molar-refractivity contribution in [2.45, 2.75) is 46.5 Å². The van der Waals surface area contributed by atoms with Gasteiger partial charge < -0.3 is 10.2 Å². The van der Waals surface area contributed by atoms with Crippen molar-refractivity contribution in [1.29, 1.82) is 0 Å². The molecule has 0 bridgehead atoms. The van der Waals surface area contributed by atoms with E-state index < -0.39 is 11.9 Å². The van der Waals surface area contributed by atoms with Crippen molar-refractivity contribution in [1.82, 2.24) is 0 Å². The Kier molecular flexibility index (Phi) is 6.59. The first-order chi connectivity index (χ1) is 14.8. The Morgan fingerprint density at radius 3 is 1.61 bits per heavy atom. The Labute approximate surface area is 183 Å². The normalized spacial score (nSPS) is 11.0. The zero-order chi connectivity index (χ0) is 22.7. The Morgan fingerprint density at radius 2 is 1.19 bits per heavy atom. The van der Waals surface area contributed by atoms with Crippen LogP contribution >= 0.6 is 0 Å². The summed E-state index contributed by atoms with van der Waals surface area (Å²) in [4.78, 5) is 24.2. The van der Waals surface area contributed by atoms with Gasteiger partial charge >= 0.3 is 11.9 Å². The molecule has 0 heterocycles. The number of aryl methyl sites for hydroxylation is 2. The maximum Gasteiger partial charge on any atom is 0.336 e. The van der Waals surface area contributed by atoms with Crippen LogP contribution in [0.3, 0.4) is 0 Å². The standard InChI is InChI=1S/C27H28O4/c1-5-17-15-18(6-2)24(19-11-7-9-13-21(19)26(28)29)25(23(17)16(3)4)20-12-8-10-14-22(20)27(30)31/h7-16H,5-6H2,1-4H3,(H,28,29)(H,30,31). The third-order valence-electron chi connectivity index (χ3n) is 5.73. The van der Waals surface area contributed by atoms with Crippen LogP contribution in [-0.2, 0) is 12.8 Å². The van der Waals surface area contributed by atoms with Gasteiger partial charge in [-0.25, -0.2) is 9.59 Å². The monoisotopic (exact) mass is 416 g/mol. The number of carboxylic acids is 2. The third kappa shape index (κ3) is 4.11. The van der Waals surface area contributed by atoms with Crippen molar-refractivity contribution in [3.8, 4) is 22.3 Å². The summed E-state index contributed by atoms with van der Waals surface area (Å²) < 4.78 is 0. The van der Waals surface area contributed by atoms with Gasteiger partial charge in [0.05, 0.1) is 11.1 Å². The lowest BCUT2D eigenvalue weighted by molar-refractivity contribution is 0.0686. The molecule has 0 aromatic heterocycles. The molecule has 0 saturated heterocycles. The van der Waals surface area contributed by atoms with Crippen molar-refractivity contribution < 1.29 is 19.8 Å². The molecule has 3 aromatic carbocycles. The first kappa shape index (κ1) is 22.3. The highest BCUT2D eigenvalue weighted by Crippen LogP contribution is 2.45. The first-order valence-corrected chi connectivity index (χ1v) is 10.7. The number of hydrogen-bond donors (Lipinski definition) is 2. The largest absolute Gasteiger partial charge is 0.478 e. The van der Waals surface area contributed by atoms with Crippen molar-refractivity contribution in [3.63, 3.8) is 0 Å². The van der Waals surface area contributed by atoms with Crippen LogP contribution in [0, 0.1) is 0 Å². The highest BCUT2D eigenvalue weighted by Gasteiger charge is 2.26. The maximum absolute atomic E-state index is 12.1. The lowest BCUT2D eigenvalue weighted by atomic mass is 9.78. The number of hydrogen-bond acceptors (Lipinski definition) is 2.